The molecule has 1 saturated heterocycles. The van der Waals surface area contributed by atoms with Crippen LogP contribution in [-0.2, 0) is 23.7 Å². The van der Waals surface area contributed by atoms with Gasteiger partial charge in [0.15, 0.2) is 6.29 Å². The first-order chi connectivity index (χ1) is 28.9. The summed E-state index contributed by atoms with van der Waals surface area (Å²) in [4.78, 5) is 12.8. The van der Waals surface area contributed by atoms with Gasteiger partial charge in [-0.05, 0) is 51.4 Å². The highest BCUT2D eigenvalue weighted by molar-refractivity contribution is 5.69. The number of allylic oxidation sites excluding steroid dienone is 10. The molecule has 4 N–H and O–H groups in total. The van der Waals surface area contributed by atoms with Crippen molar-refractivity contribution in [1.82, 2.24) is 0 Å². The fourth-order valence-corrected chi connectivity index (χ4v) is 7.00. The minimum atomic E-state index is -1.55. The van der Waals surface area contributed by atoms with Crippen LogP contribution in [0, 0.1) is 0 Å². The maximum atomic E-state index is 12.8. The van der Waals surface area contributed by atoms with Crippen molar-refractivity contribution in [2.75, 3.05) is 26.4 Å². The van der Waals surface area contributed by atoms with Crippen LogP contribution in [-0.4, -0.2) is 89.6 Å². The highest BCUT2D eigenvalue weighted by atomic mass is 16.7. The van der Waals surface area contributed by atoms with E-state index < -0.39 is 43.4 Å². The van der Waals surface area contributed by atoms with E-state index in [1.165, 1.54) is 109 Å². The molecule has 59 heavy (non-hydrogen) atoms. The fourth-order valence-electron chi connectivity index (χ4n) is 7.00. The van der Waals surface area contributed by atoms with Gasteiger partial charge in [0, 0.05) is 13.0 Å². The second-order valence-corrected chi connectivity index (χ2v) is 16.2. The van der Waals surface area contributed by atoms with Gasteiger partial charge in [-0.15, -0.1) is 0 Å². The van der Waals surface area contributed by atoms with Crippen molar-refractivity contribution >= 4 is 5.97 Å². The Hall–Kier alpha value is -2.11. The monoisotopic (exact) mass is 833 g/mol. The minimum absolute atomic E-state index is 0.122. The van der Waals surface area contributed by atoms with Crippen molar-refractivity contribution in [2.24, 2.45) is 0 Å². The van der Waals surface area contributed by atoms with E-state index in [1.54, 1.807) is 0 Å². The average molecular weight is 833 g/mol. The number of ether oxygens (including phenoxy) is 4. The topological polar surface area (TPSA) is 135 Å². The Balaban J connectivity index is 2.27. The molecule has 1 aliphatic heterocycles. The molecule has 0 saturated carbocycles. The van der Waals surface area contributed by atoms with Gasteiger partial charge in [0.2, 0.25) is 0 Å². The Kier molecular flexibility index (Phi) is 38.4. The summed E-state index contributed by atoms with van der Waals surface area (Å²) in [5.41, 5.74) is 0. The smallest absolute Gasteiger partial charge is 0.306 e. The first-order valence-corrected chi connectivity index (χ1v) is 23.9. The summed E-state index contributed by atoms with van der Waals surface area (Å²) in [6.07, 6.45) is 45.4. The van der Waals surface area contributed by atoms with Crippen molar-refractivity contribution in [2.45, 2.75) is 224 Å². The van der Waals surface area contributed by atoms with Crippen LogP contribution in [0.4, 0.5) is 0 Å². The third-order valence-electron chi connectivity index (χ3n) is 10.7. The summed E-state index contributed by atoms with van der Waals surface area (Å²) >= 11 is 0. The van der Waals surface area contributed by atoms with Crippen molar-refractivity contribution in [1.29, 1.82) is 0 Å². The van der Waals surface area contributed by atoms with Crippen LogP contribution in [0.1, 0.15) is 187 Å². The number of hydrogen-bond donors (Lipinski definition) is 4. The first-order valence-electron chi connectivity index (χ1n) is 23.9. The number of carbonyl (C=O) groups excluding carboxylic acids is 1. The highest BCUT2D eigenvalue weighted by Gasteiger charge is 2.44. The number of unbranched alkanes of at least 4 members (excludes halogenated alkanes) is 19. The van der Waals surface area contributed by atoms with Gasteiger partial charge >= 0.3 is 5.97 Å². The standard InChI is InChI=1S/C50H88O9/c1-3-5-7-9-11-13-15-17-19-21-22-24-26-28-30-32-34-36-38-40-56-42-44(43-57-50-49(55)48(54)47(53)45(41-51)59-50)58-46(52)39-37-35-33-31-29-27-25-23-20-18-16-14-12-10-8-6-4-2/h6,8,12,14,18,20,25,27,31,33,44-45,47-51,53-55H,3-5,7,9-11,13,15-17,19,21-24,26,28-30,32,34-43H2,1-2H3/b8-6-,14-12-,20-18-,27-25-,33-31-. The van der Waals surface area contributed by atoms with Crippen molar-refractivity contribution in [3.8, 4) is 0 Å². The van der Waals surface area contributed by atoms with E-state index in [9.17, 15) is 25.2 Å². The molecule has 0 aliphatic carbocycles. The summed E-state index contributed by atoms with van der Waals surface area (Å²) in [5.74, 6) is -0.369. The summed E-state index contributed by atoms with van der Waals surface area (Å²) in [5, 5.41) is 40.2. The van der Waals surface area contributed by atoms with Crippen LogP contribution in [0.3, 0.4) is 0 Å². The van der Waals surface area contributed by atoms with Gasteiger partial charge in [-0.25, -0.2) is 0 Å². The quantitative estimate of drug-likeness (QED) is 0.0270. The number of hydrogen-bond acceptors (Lipinski definition) is 9. The van der Waals surface area contributed by atoms with Crippen LogP contribution in [0.25, 0.3) is 0 Å². The lowest BCUT2D eigenvalue weighted by atomic mass is 9.99. The van der Waals surface area contributed by atoms with Gasteiger partial charge in [-0.2, -0.15) is 0 Å². The highest BCUT2D eigenvalue weighted by Crippen LogP contribution is 2.22. The molecule has 0 amide bonds. The molecule has 0 radical (unpaired) electrons. The molecule has 342 valence electrons. The van der Waals surface area contributed by atoms with Crippen LogP contribution in [0.15, 0.2) is 60.8 Å². The molecule has 0 spiro atoms. The lowest BCUT2D eigenvalue weighted by Crippen LogP contribution is -2.59. The molecule has 9 heteroatoms. The Bertz CT molecular complexity index is 1080. The van der Waals surface area contributed by atoms with Gasteiger partial charge in [0.1, 0.15) is 30.5 Å². The molecule has 0 aromatic carbocycles. The number of carbonyl (C=O) groups is 1. The number of esters is 1. The van der Waals surface area contributed by atoms with Crippen molar-refractivity contribution in [3.63, 3.8) is 0 Å². The minimum Gasteiger partial charge on any atom is -0.457 e. The molecule has 6 unspecified atom stereocenters. The molecule has 0 bridgehead atoms. The zero-order valence-corrected chi connectivity index (χ0v) is 37.5. The fraction of sp³-hybridized carbons (Fsp3) is 0.780. The van der Waals surface area contributed by atoms with Crippen molar-refractivity contribution < 1.29 is 44.2 Å². The van der Waals surface area contributed by atoms with E-state index in [2.05, 4.69) is 74.6 Å². The first kappa shape index (κ1) is 54.9. The van der Waals surface area contributed by atoms with E-state index >= 15 is 0 Å². The number of aliphatic hydroxyl groups excluding tert-OH is 4. The Morgan fingerprint density at radius 3 is 1.49 bits per heavy atom. The third kappa shape index (κ3) is 32.3. The Morgan fingerprint density at radius 1 is 0.559 bits per heavy atom. The average Bonchev–Trinajstić information content (AvgIpc) is 3.24. The summed E-state index contributed by atoms with van der Waals surface area (Å²) < 4.78 is 22.8. The molecular formula is C50H88O9. The largest absolute Gasteiger partial charge is 0.457 e. The summed E-state index contributed by atoms with van der Waals surface area (Å²) in [7, 11) is 0. The Morgan fingerprint density at radius 2 is 1.02 bits per heavy atom. The van der Waals surface area contributed by atoms with Crippen LogP contribution in [0.2, 0.25) is 0 Å². The molecule has 1 fully saturated rings. The third-order valence-corrected chi connectivity index (χ3v) is 10.7. The predicted octanol–water partition coefficient (Wildman–Crippen LogP) is 11.1. The van der Waals surface area contributed by atoms with Gasteiger partial charge in [-0.1, -0.05) is 190 Å². The predicted molar refractivity (Wildman–Crippen MR) is 242 cm³/mol. The van der Waals surface area contributed by atoms with Gasteiger partial charge < -0.3 is 39.4 Å². The summed E-state index contributed by atoms with van der Waals surface area (Å²) in [6, 6.07) is 0. The number of aliphatic hydroxyl groups is 4. The van der Waals surface area contributed by atoms with Gasteiger partial charge in [0.05, 0.1) is 19.8 Å². The van der Waals surface area contributed by atoms with Crippen LogP contribution >= 0.6 is 0 Å². The Labute approximate surface area is 360 Å². The van der Waals surface area contributed by atoms with Gasteiger partial charge in [-0.3, -0.25) is 4.79 Å². The normalized spacial score (nSPS) is 20.7. The summed E-state index contributed by atoms with van der Waals surface area (Å²) in [6.45, 7) is 4.39. The molecule has 1 aliphatic rings. The zero-order valence-electron chi connectivity index (χ0n) is 37.5. The van der Waals surface area contributed by atoms with E-state index in [1.807, 2.05) is 0 Å². The lowest BCUT2D eigenvalue weighted by molar-refractivity contribution is -0.305. The maximum Gasteiger partial charge on any atom is 0.306 e. The molecule has 9 nitrogen and oxygen atoms in total. The molecule has 1 rings (SSSR count). The van der Waals surface area contributed by atoms with Crippen LogP contribution < -0.4 is 0 Å². The van der Waals surface area contributed by atoms with E-state index in [0.717, 1.165) is 51.4 Å². The molecule has 1 heterocycles. The van der Waals surface area contributed by atoms with Crippen molar-refractivity contribution in [3.05, 3.63) is 60.8 Å². The lowest BCUT2D eigenvalue weighted by Gasteiger charge is -2.39. The molecular weight excluding hydrogens is 745 g/mol. The van der Waals surface area contributed by atoms with Gasteiger partial charge in [0.25, 0.3) is 0 Å². The second kappa shape index (κ2) is 41.3. The SMILES string of the molecule is CC/C=C\C/C=C\C/C=C\C/C=C\C/C=C\CCCC(=O)OC(COCCCCCCCCCCCCCCCCCCCCC)COC1OC(CO)C(O)C(O)C1O. The molecule has 6 atom stereocenters. The van der Waals surface area contributed by atoms with Crippen LogP contribution in [0.5, 0.6) is 0 Å². The zero-order chi connectivity index (χ0) is 42.9. The number of rotatable bonds is 40. The van der Waals surface area contributed by atoms with E-state index in [0.29, 0.717) is 13.0 Å². The van der Waals surface area contributed by atoms with E-state index in [4.69, 9.17) is 18.9 Å². The molecule has 0 aromatic heterocycles. The molecule has 0 aromatic rings. The second-order valence-electron chi connectivity index (χ2n) is 16.2. The van der Waals surface area contributed by atoms with E-state index in [-0.39, 0.29) is 25.6 Å². The maximum absolute atomic E-state index is 12.8.